The summed E-state index contributed by atoms with van der Waals surface area (Å²) in [5, 5.41) is 10.5. The van der Waals surface area contributed by atoms with Gasteiger partial charge in [0.25, 0.3) is 0 Å². The van der Waals surface area contributed by atoms with E-state index in [4.69, 9.17) is 0 Å². The minimum atomic E-state index is -0.403. The van der Waals surface area contributed by atoms with Crippen molar-refractivity contribution in [1.82, 2.24) is 4.90 Å². The van der Waals surface area contributed by atoms with Gasteiger partial charge in [-0.1, -0.05) is 43.7 Å². The van der Waals surface area contributed by atoms with E-state index < -0.39 is 5.60 Å². The Bertz CT molecular complexity index is 351. The highest BCUT2D eigenvalue weighted by Gasteiger charge is 2.28. The number of nitrogens with zero attached hydrogens (tertiary/aromatic N) is 1. The molecule has 1 aliphatic rings. The summed E-state index contributed by atoms with van der Waals surface area (Å²) in [6, 6.07) is 10.6. The van der Waals surface area contributed by atoms with Crippen molar-refractivity contribution < 1.29 is 5.11 Å². The number of benzene rings is 1. The zero-order valence-corrected chi connectivity index (χ0v) is 11.4. The molecule has 18 heavy (non-hydrogen) atoms. The third kappa shape index (κ3) is 3.82. The SMILES string of the molecule is CCCC1(O)CCCN(Cc2ccccc2)CC1. The van der Waals surface area contributed by atoms with E-state index in [9.17, 15) is 5.11 Å². The number of aliphatic hydroxyl groups is 1. The Kier molecular flexibility index (Phi) is 4.79. The van der Waals surface area contributed by atoms with Crippen molar-refractivity contribution in [2.24, 2.45) is 0 Å². The van der Waals surface area contributed by atoms with Crippen LogP contribution in [0.25, 0.3) is 0 Å². The summed E-state index contributed by atoms with van der Waals surface area (Å²) >= 11 is 0. The summed E-state index contributed by atoms with van der Waals surface area (Å²) < 4.78 is 0. The zero-order valence-electron chi connectivity index (χ0n) is 11.4. The molecule has 1 unspecified atom stereocenters. The van der Waals surface area contributed by atoms with Crippen molar-refractivity contribution in [1.29, 1.82) is 0 Å². The van der Waals surface area contributed by atoms with Crippen LogP contribution < -0.4 is 0 Å². The predicted molar refractivity (Wildman–Crippen MR) is 75.4 cm³/mol. The number of likely N-dealkylation sites (tertiary alicyclic amines) is 1. The molecule has 100 valence electrons. The minimum Gasteiger partial charge on any atom is -0.390 e. The Balaban J connectivity index is 1.89. The topological polar surface area (TPSA) is 23.5 Å². The van der Waals surface area contributed by atoms with E-state index in [1.807, 2.05) is 0 Å². The van der Waals surface area contributed by atoms with Gasteiger partial charge >= 0.3 is 0 Å². The first-order chi connectivity index (χ1) is 8.72. The maximum absolute atomic E-state index is 10.5. The zero-order chi connectivity index (χ0) is 12.8. The maximum atomic E-state index is 10.5. The first kappa shape index (κ1) is 13.6. The second-order valence-corrected chi connectivity index (χ2v) is 5.59. The lowest BCUT2D eigenvalue weighted by atomic mass is 9.90. The van der Waals surface area contributed by atoms with Crippen molar-refractivity contribution in [3.8, 4) is 0 Å². The fourth-order valence-corrected chi connectivity index (χ4v) is 2.95. The van der Waals surface area contributed by atoms with E-state index in [2.05, 4.69) is 42.2 Å². The normalized spacial score (nSPS) is 25.9. The highest BCUT2D eigenvalue weighted by molar-refractivity contribution is 5.14. The molecule has 1 heterocycles. The van der Waals surface area contributed by atoms with E-state index >= 15 is 0 Å². The minimum absolute atomic E-state index is 0.403. The molecule has 2 rings (SSSR count). The van der Waals surface area contributed by atoms with Gasteiger partial charge in [0.2, 0.25) is 0 Å². The highest BCUT2D eigenvalue weighted by atomic mass is 16.3. The second-order valence-electron chi connectivity index (χ2n) is 5.59. The molecule has 0 saturated carbocycles. The Morgan fingerprint density at radius 1 is 1.17 bits per heavy atom. The molecule has 0 radical (unpaired) electrons. The summed E-state index contributed by atoms with van der Waals surface area (Å²) in [4.78, 5) is 2.48. The van der Waals surface area contributed by atoms with Crippen LogP contribution in [0.1, 0.15) is 44.6 Å². The summed E-state index contributed by atoms with van der Waals surface area (Å²) in [6.07, 6.45) is 5.03. The fourth-order valence-electron chi connectivity index (χ4n) is 2.95. The van der Waals surface area contributed by atoms with E-state index in [1.54, 1.807) is 0 Å². The van der Waals surface area contributed by atoms with Gasteiger partial charge in [-0.2, -0.15) is 0 Å². The maximum Gasteiger partial charge on any atom is 0.0660 e. The molecule has 0 aromatic heterocycles. The predicted octanol–water partition coefficient (Wildman–Crippen LogP) is 3.20. The summed E-state index contributed by atoms with van der Waals surface area (Å²) in [6.45, 7) is 5.31. The largest absolute Gasteiger partial charge is 0.390 e. The first-order valence-electron chi connectivity index (χ1n) is 7.20. The molecule has 2 heteroatoms. The van der Waals surface area contributed by atoms with Crippen LogP contribution in [0.15, 0.2) is 30.3 Å². The molecule has 1 aromatic carbocycles. The molecule has 0 spiro atoms. The van der Waals surface area contributed by atoms with Gasteiger partial charge in [-0.25, -0.2) is 0 Å². The van der Waals surface area contributed by atoms with Crippen LogP contribution in [0.3, 0.4) is 0 Å². The molecule has 0 aliphatic carbocycles. The Hall–Kier alpha value is -0.860. The van der Waals surface area contributed by atoms with Crippen LogP contribution >= 0.6 is 0 Å². The average Bonchev–Trinajstić information content (AvgIpc) is 2.54. The standard InChI is InChI=1S/C16H25NO/c1-2-9-16(18)10-6-12-17(13-11-16)14-15-7-4-3-5-8-15/h3-5,7-8,18H,2,6,9-14H2,1H3. The van der Waals surface area contributed by atoms with Crippen LogP contribution in [0.5, 0.6) is 0 Å². The van der Waals surface area contributed by atoms with Crippen molar-refractivity contribution >= 4 is 0 Å². The number of rotatable bonds is 4. The van der Waals surface area contributed by atoms with Gasteiger partial charge in [-0.05, 0) is 37.8 Å². The quantitative estimate of drug-likeness (QED) is 0.883. The Labute approximate surface area is 111 Å². The Morgan fingerprint density at radius 3 is 2.67 bits per heavy atom. The van der Waals surface area contributed by atoms with Gasteiger partial charge in [0.1, 0.15) is 0 Å². The summed E-state index contributed by atoms with van der Waals surface area (Å²) in [7, 11) is 0. The molecule has 1 fully saturated rings. The monoisotopic (exact) mass is 247 g/mol. The Morgan fingerprint density at radius 2 is 1.94 bits per heavy atom. The fraction of sp³-hybridized carbons (Fsp3) is 0.625. The molecule has 1 atom stereocenters. The first-order valence-corrected chi connectivity index (χ1v) is 7.20. The van der Waals surface area contributed by atoms with Gasteiger partial charge in [0, 0.05) is 13.1 Å². The highest BCUT2D eigenvalue weighted by Crippen LogP contribution is 2.27. The van der Waals surface area contributed by atoms with Gasteiger partial charge in [0.05, 0.1) is 5.60 Å². The molecule has 1 N–H and O–H groups in total. The van der Waals surface area contributed by atoms with Crippen molar-refractivity contribution in [3.63, 3.8) is 0 Å². The van der Waals surface area contributed by atoms with Gasteiger partial charge in [-0.3, -0.25) is 4.90 Å². The van der Waals surface area contributed by atoms with Gasteiger partial charge in [0.15, 0.2) is 0 Å². The molecular weight excluding hydrogens is 222 g/mol. The molecule has 1 aliphatic heterocycles. The van der Waals surface area contributed by atoms with Crippen LogP contribution in [-0.4, -0.2) is 28.7 Å². The van der Waals surface area contributed by atoms with Crippen LogP contribution in [0.4, 0.5) is 0 Å². The second kappa shape index (κ2) is 6.35. The van der Waals surface area contributed by atoms with Crippen molar-refractivity contribution in [2.45, 2.75) is 51.2 Å². The third-order valence-electron chi connectivity index (χ3n) is 3.97. The summed E-state index contributed by atoms with van der Waals surface area (Å²) in [5.41, 5.74) is 0.971. The van der Waals surface area contributed by atoms with Gasteiger partial charge in [-0.15, -0.1) is 0 Å². The lowest BCUT2D eigenvalue weighted by molar-refractivity contribution is 0.0161. The molecule has 0 amide bonds. The summed E-state index contributed by atoms with van der Waals surface area (Å²) in [5.74, 6) is 0. The van der Waals surface area contributed by atoms with Crippen LogP contribution in [0.2, 0.25) is 0 Å². The molecular formula is C16H25NO. The van der Waals surface area contributed by atoms with E-state index in [1.165, 1.54) is 5.56 Å². The lowest BCUT2D eigenvalue weighted by Gasteiger charge is -2.26. The van der Waals surface area contributed by atoms with Gasteiger partial charge < -0.3 is 5.11 Å². The number of hydrogen-bond donors (Lipinski definition) is 1. The molecule has 0 bridgehead atoms. The van der Waals surface area contributed by atoms with E-state index in [-0.39, 0.29) is 0 Å². The van der Waals surface area contributed by atoms with Crippen molar-refractivity contribution in [2.75, 3.05) is 13.1 Å². The lowest BCUT2D eigenvalue weighted by Crippen LogP contribution is -2.30. The average molecular weight is 247 g/mol. The van der Waals surface area contributed by atoms with Crippen molar-refractivity contribution in [3.05, 3.63) is 35.9 Å². The third-order valence-corrected chi connectivity index (χ3v) is 3.97. The molecule has 1 saturated heterocycles. The number of hydrogen-bond acceptors (Lipinski definition) is 2. The van der Waals surface area contributed by atoms with Crippen LogP contribution in [0, 0.1) is 0 Å². The molecule has 2 nitrogen and oxygen atoms in total. The van der Waals surface area contributed by atoms with E-state index in [0.717, 1.165) is 51.7 Å². The van der Waals surface area contributed by atoms with Crippen LogP contribution in [-0.2, 0) is 6.54 Å². The van der Waals surface area contributed by atoms with E-state index in [0.29, 0.717) is 0 Å². The molecule has 1 aromatic rings. The smallest absolute Gasteiger partial charge is 0.0660 e.